The van der Waals surface area contributed by atoms with E-state index < -0.39 is 0 Å². The Bertz CT molecular complexity index is 3170. The number of allylic oxidation sites excluding steroid dienone is 2. The first-order chi connectivity index (χ1) is 27.1. The van der Waals surface area contributed by atoms with Gasteiger partial charge in [-0.05, 0) is 107 Å². The van der Waals surface area contributed by atoms with E-state index >= 15 is 0 Å². The summed E-state index contributed by atoms with van der Waals surface area (Å²) in [5.74, 6) is 1.23. The number of ether oxygens (including phenoxy) is 1. The van der Waals surface area contributed by atoms with Gasteiger partial charge in [0.05, 0.1) is 6.10 Å². The van der Waals surface area contributed by atoms with Crippen molar-refractivity contribution in [1.29, 1.82) is 0 Å². The Morgan fingerprint density at radius 3 is 1.76 bits per heavy atom. The normalized spacial score (nSPS) is 21.1. The second-order valence-electron chi connectivity index (χ2n) is 15.7. The minimum absolute atomic E-state index is 0.0596. The maximum Gasteiger partial charge on any atom is 0.142 e. The molecule has 0 spiro atoms. The average molecular weight is 705 g/mol. The van der Waals surface area contributed by atoms with Gasteiger partial charge in [0.2, 0.25) is 0 Å². The van der Waals surface area contributed by atoms with E-state index in [1.807, 2.05) is 0 Å². The summed E-state index contributed by atoms with van der Waals surface area (Å²) in [6.45, 7) is 2.31. The van der Waals surface area contributed by atoms with Crippen LogP contribution in [0, 0.1) is 11.3 Å². The number of hydrogen-bond donors (Lipinski definition) is 0. The summed E-state index contributed by atoms with van der Waals surface area (Å²) < 4.78 is 13.4. The standard InChI is InChI=1S/C53H36O2/c1-53-27-26-43-44-30-37(23-25-47(44)54-51(43)52(53)55-48-17-9-8-16-46(48)53)36-22-24-42-45(31-36)50(39-21-19-33-11-3-5-13-35(33)29-39)41-15-7-6-14-40(41)49(42)38-20-18-32-10-2-4-12-34(32)28-38/h2-31,46,48,52H,1H3. The molecule has 0 N–H and O–H groups in total. The minimum Gasteiger partial charge on any atom is -0.458 e. The fraction of sp³-hybridized carbons (Fsp3) is 0.0943. The van der Waals surface area contributed by atoms with Gasteiger partial charge in [-0.15, -0.1) is 0 Å². The summed E-state index contributed by atoms with van der Waals surface area (Å²) in [7, 11) is 0. The van der Waals surface area contributed by atoms with Crippen LogP contribution < -0.4 is 0 Å². The molecular weight excluding hydrogens is 669 g/mol. The van der Waals surface area contributed by atoms with Gasteiger partial charge in [0.1, 0.15) is 17.4 Å². The van der Waals surface area contributed by atoms with Crippen LogP contribution in [0.1, 0.15) is 24.4 Å². The molecule has 1 aromatic heterocycles. The Labute approximate surface area is 319 Å². The number of rotatable bonds is 3. The topological polar surface area (TPSA) is 22.4 Å². The van der Waals surface area contributed by atoms with Crippen molar-refractivity contribution < 1.29 is 9.15 Å². The Morgan fingerprint density at radius 1 is 0.491 bits per heavy atom. The quantitative estimate of drug-likeness (QED) is 0.171. The molecule has 0 bridgehead atoms. The Kier molecular flexibility index (Phi) is 6.47. The molecule has 9 aromatic rings. The van der Waals surface area contributed by atoms with Gasteiger partial charge in [0.15, 0.2) is 0 Å². The van der Waals surface area contributed by atoms with Crippen molar-refractivity contribution >= 4 is 60.1 Å². The highest BCUT2D eigenvalue weighted by Crippen LogP contribution is 2.58. The maximum atomic E-state index is 6.70. The third-order valence-corrected chi connectivity index (χ3v) is 12.7. The molecule has 3 aliphatic rings. The van der Waals surface area contributed by atoms with Crippen LogP contribution >= 0.6 is 0 Å². The molecule has 1 fully saturated rings. The number of fused-ring (bicyclic) bond motifs is 11. The number of hydrogen-bond acceptors (Lipinski definition) is 2. The molecule has 8 aromatic carbocycles. The van der Waals surface area contributed by atoms with E-state index in [-0.39, 0.29) is 17.6 Å². The third kappa shape index (κ3) is 4.52. The second-order valence-corrected chi connectivity index (χ2v) is 15.7. The average Bonchev–Trinajstić information content (AvgIpc) is 3.76. The van der Waals surface area contributed by atoms with Crippen molar-refractivity contribution in [3.05, 3.63) is 187 Å². The van der Waals surface area contributed by atoms with E-state index in [0.29, 0.717) is 5.92 Å². The van der Waals surface area contributed by atoms with E-state index in [2.05, 4.69) is 189 Å². The van der Waals surface area contributed by atoms with E-state index in [4.69, 9.17) is 9.15 Å². The van der Waals surface area contributed by atoms with Crippen LogP contribution in [0.2, 0.25) is 0 Å². The molecule has 55 heavy (non-hydrogen) atoms. The number of furan rings is 1. The highest BCUT2D eigenvalue weighted by atomic mass is 16.5. The second kappa shape index (κ2) is 11.5. The summed E-state index contributed by atoms with van der Waals surface area (Å²) in [6.07, 6.45) is 13.3. The molecule has 260 valence electrons. The monoisotopic (exact) mass is 704 g/mol. The summed E-state index contributed by atoms with van der Waals surface area (Å²) in [5, 5.41) is 11.1. The summed E-state index contributed by atoms with van der Waals surface area (Å²) in [5.41, 5.74) is 9.18. The zero-order chi connectivity index (χ0) is 36.3. The molecule has 0 saturated carbocycles. The van der Waals surface area contributed by atoms with E-state index in [1.165, 1.54) is 70.9 Å². The molecule has 2 heterocycles. The smallest absolute Gasteiger partial charge is 0.142 e. The lowest BCUT2D eigenvalue weighted by molar-refractivity contribution is 0.0287. The summed E-state index contributed by atoms with van der Waals surface area (Å²) >= 11 is 0. The van der Waals surface area contributed by atoms with Gasteiger partial charge >= 0.3 is 0 Å². The molecule has 4 atom stereocenters. The van der Waals surface area contributed by atoms with Crippen LogP contribution in [-0.4, -0.2) is 6.10 Å². The third-order valence-electron chi connectivity index (χ3n) is 12.7. The zero-order valence-electron chi connectivity index (χ0n) is 30.4. The van der Waals surface area contributed by atoms with Gasteiger partial charge < -0.3 is 9.15 Å². The molecular formula is C53H36O2. The largest absolute Gasteiger partial charge is 0.458 e. The van der Waals surface area contributed by atoms with Gasteiger partial charge in [-0.2, -0.15) is 0 Å². The molecule has 0 amide bonds. The van der Waals surface area contributed by atoms with Crippen LogP contribution in [0.4, 0.5) is 0 Å². The van der Waals surface area contributed by atoms with Crippen molar-refractivity contribution in [2.75, 3.05) is 0 Å². The van der Waals surface area contributed by atoms with Crippen molar-refractivity contribution in [1.82, 2.24) is 0 Å². The Hall–Kier alpha value is -6.48. The lowest BCUT2D eigenvalue weighted by Crippen LogP contribution is -2.29. The van der Waals surface area contributed by atoms with Crippen molar-refractivity contribution in [3.63, 3.8) is 0 Å². The Morgan fingerprint density at radius 2 is 1.05 bits per heavy atom. The molecule has 1 aliphatic heterocycles. The maximum absolute atomic E-state index is 6.70. The highest BCUT2D eigenvalue weighted by Gasteiger charge is 2.54. The fourth-order valence-corrected chi connectivity index (χ4v) is 9.91. The fourth-order valence-electron chi connectivity index (χ4n) is 9.91. The van der Waals surface area contributed by atoms with Crippen molar-refractivity contribution in [2.45, 2.75) is 19.1 Å². The van der Waals surface area contributed by atoms with Gasteiger partial charge in [-0.1, -0.05) is 159 Å². The number of benzene rings is 8. The molecule has 4 unspecified atom stereocenters. The lowest BCUT2D eigenvalue weighted by atomic mass is 9.68. The van der Waals surface area contributed by atoms with Gasteiger partial charge in [0.25, 0.3) is 0 Å². The molecule has 12 rings (SSSR count). The molecule has 2 heteroatoms. The molecule has 0 radical (unpaired) electrons. The van der Waals surface area contributed by atoms with Crippen molar-refractivity contribution in [3.8, 4) is 33.4 Å². The van der Waals surface area contributed by atoms with Crippen LogP contribution in [-0.2, 0) is 4.74 Å². The predicted molar refractivity (Wildman–Crippen MR) is 229 cm³/mol. The zero-order valence-corrected chi connectivity index (χ0v) is 30.4. The first-order valence-corrected chi connectivity index (χ1v) is 19.3. The van der Waals surface area contributed by atoms with Gasteiger partial charge in [0, 0.05) is 22.3 Å². The summed E-state index contributed by atoms with van der Waals surface area (Å²) in [6, 6.07) is 53.8. The van der Waals surface area contributed by atoms with E-state index in [1.54, 1.807) is 0 Å². The van der Waals surface area contributed by atoms with E-state index in [9.17, 15) is 0 Å². The molecule has 2 aliphatic carbocycles. The summed E-state index contributed by atoms with van der Waals surface area (Å²) in [4.78, 5) is 0. The lowest BCUT2D eigenvalue weighted by Gasteiger charge is -2.33. The van der Waals surface area contributed by atoms with Gasteiger partial charge in [-0.25, -0.2) is 0 Å². The van der Waals surface area contributed by atoms with Crippen molar-refractivity contribution in [2.24, 2.45) is 11.3 Å². The minimum atomic E-state index is -0.154. The highest BCUT2D eigenvalue weighted by molar-refractivity contribution is 6.22. The SMILES string of the molecule is CC12C=Cc3c(oc4ccc(-c5ccc6c(-c7ccc8ccccc8c7)c7ccccc7c(-c7ccc8ccccc8c7)c6c5)cc34)C1OC1C=CC=CC12. The van der Waals surface area contributed by atoms with Gasteiger partial charge in [-0.3, -0.25) is 0 Å². The first-order valence-electron chi connectivity index (χ1n) is 19.3. The van der Waals surface area contributed by atoms with E-state index in [0.717, 1.165) is 27.9 Å². The predicted octanol–water partition coefficient (Wildman–Crippen LogP) is 14.3. The van der Waals surface area contributed by atoms with Crippen LogP contribution in [0.25, 0.3) is 93.5 Å². The van der Waals surface area contributed by atoms with Crippen LogP contribution in [0.3, 0.4) is 0 Å². The Balaban J connectivity index is 1.08. The molecule has 2 nitrogen and oxygen atoms in total. The van der Waals surface area contributed by atoms with Crippen LogP contribution in [0.5, 0.6) is 0 Å². The van der Waals surface area contributed by atoms with Crippen LogP contribution in [0.15, 0.2) is 180 Å². The first kappa shape index (κ1) is 30.9. The molecule has 1 saturated heterocycles.